The van der Waals surface area contributed by atoms with Crippen LogP contribution in [0.5, 0.6) is 0 Å². The molecule has 1 saturated carbocycles. The zero-order valence-electron chi connectivity index (χ0n) is 11.8. The molecule has 108 valence electrons. The summed E-state index contributed by atoms with van der Waals surface area (Å²) in [6, 6.07) is 0. The van der Waals surface area contributed by atoms with Crippen LogP contribution >= 0.6 is 11.3 Å². The number of hydrogen-bond donors (Lipinski definition) is 1. The average Bonchev–Trinajstić information content (AvgIpc) is 3.17. The zero-order valence-corrected chi connectivity index (χ0v) is 12.6. The quantitative estimate of drug-likeness (QED) is 0.905. The van der Waals surface area contributed by atoms with E-state index < -0.39 is 5.54 Å². The summed E-state index contributed by atoms with van der Waals surface area (Å²) in [5.74, 6) is 0.325. The number of nitrogens with zero attached hydrogens (tertiary/aromatic N) is 2. The number of aryl methyl sites for hydroxylation is 1. The summed E-state index contributed by atoms with van der Waals surface area (Å²) in [7, 11) is 0. The lowest BCUT2D eigenvalue weighted by Gasteiger charge is -2.40. The smallest absolute Gasteiger partial charge is 0.248 e. The van der Waals surface area contributed by atoms with Gasteiger partial charge in [0.2, 0.25) is 11.8 Å². The Labute approximate surface area is 122 Å². The fourth-order valence-corrected chi connectivity index (χ4v) is 3.59. The van der Waals surface area contributed by atoms with Crippen molar-refractivity contribution in [3.63, 3.8) is 0 Å². The predicted octanol–water partition coefficient (Wildman–Crippen LogP) is 1.12. The molecule has 1 N–H and O–H groups in total. The zero-order chi connectivity index (χ0) is 14.3. The molecule has 0 spiro atoms. The van der Waals surface area contributed by atoms with Crippen LogP contribution in [0.2, 0.25) is 0 Å². The van der Waals surface area contributed by atoms with Crippen LogP contribution in [0.25, 0.3) is 0 Å². The van der Waals surface area contributed by atoms with E-state index in [-0.39, 0.29) is 18.4 Å². The highest BCUT2D eigenvalue weighted by atomic mass is 32.1. The first kappa shape index (κ1) is 13.5. The first-order valence-corrected chi connectivity index (χ1v) is 7.88. The lowest BCUT2D eigenvalue weighted by molar-refractivity contribution is -0.150. The van der Waals surface area contributed by atoms with Gasteiger partial charge in [-0.15, -0.1) is 11.3 Å². The third kappa shape index (κ3) is 2.44. The second kappa shape index (κ2) is 4.84. The standard InChI is InChI=1S/C14H19N3O2S/c1-9-8-20-12(15-9)5-6-17-7-11(18)16-14(2,13(17)19)10-3-4-10/h8,10H,3-7H2,1-2H3,(H,16,18). The number of aromatic nitrogens is 1. The van der Waals surface area contributed by atoms with E-state index in [0.29, 0.717) is 12.5 Å². The van der Waals surface area contributed by atoms with Gasteiger partial charge in [-0.25, -0.2) is 4.98 Å². The number of amides is 2. The normalized spacial score (nSPS) is 26.8. The number of rotatable bonds is 4. The molecule has 2 fully saturated rings. The molecule has 20 heavy (non-hydrogen) atoms. The summed E-state index contributed by atoms with van der Waals surface area (Å²) < 4.78 is 0. The minimum Gasteiger partial charge on any atom is -0.340 e. The Balaban J connectivity index is 1.68. The van der Waals surface area contributed by atoms with Crippen molar-refractivity contribution in [1.82, 2.24) is 15.2 Å². The Morgan fingerprint density at radius 3 is 2.85 bits per heavy atom. The number of carbonyl (C=O) groups excluding carboxylic acids is 2. The molecule has 1 atom stereocenters. The molecule has 1 aliphatic carbocycles. The SMILES string of the molecule is Cc1csc(CCN2CC(=O)NC(C)(C3CC3)C2=O)n1. The molecule has 5 nitrogen and oxygen atoms in total. The van der Waals surface area contributed by atoms with E-state index in [1.54, 1.807) is 16.2 Å². The molecular formula is C14H19N3O2S. The van der Waals surface area contributed by atoms with Crippen molar-refractivity contribution in [1.29, 1.82) is 0 Å². The molecule has 1 saturated heterocycles. The minimum absolute atomic E-state index is 0.0469. The number of nitrogens with one attached hydrogen (secondary N) is 1. The van der Waals surface area contributed by atoms with Crippen molar-refractivity contribution in [3.05, 3.63) is 16.1 Å². The molecule has 0 bridgehead atoms. The first-order valence-electron chi connectivity index (χ1n) is 7.00. The van der Waals surface area contributed by atoms with E-state index in [0.717, 1.165) is 30.0 Å². The second-order valence-corrected chi connectivity index (χ2v) is 6.83. The van der Waals surface area contributed by atoms with Crippen LogP contribution < -0.4 is 5.32 Å². The predicted molar refractivity (Wildman–Crippen MR) is 76.4 cm³/mol. The topological polar surface area (TPSA) is 62.3 Å². The van der Waals surface area contributed by atoms with E-state index in [4.69, 9.17) is 0 Å². The highest BCUT2D eigenvalue weighted by Gasteiger charge is 2.52. The van der Waals surface area contributed by atoms with Crippen molar-refractivity contribution in [2.75, 3.05) is 13.1 Å². The summed E-state index contributed by atoms with van der Waals surface area (Å²) in [6.45, 7) is 4.57. The molecule has 1 aromatic rings. The van der Waals surface area contributed by atoms with Gasteiger partial charge in [0.05, 0.1) is 11.6 Å². The van der Waals surface area contributed by atoms with E-state index >= 15 is 0 Å². The first-order chi connectivity index (χ1) is 9.49. The van der Waals surface area contributed by atoms with Gasteiger partial charge in [0.15, 0.2) is 0 Å². The van der Waals surface area contributed by atoms with Crippen LogP contribution in [0.3, 0.4) is 0 Å². The van der Waals surface area contributed by atoms with Gasteiger partial charge in [-0.1, -0.05) is 0 Å². The van der Waals surface area contributed by atoms with E-state index in [2.05, 4.69) is 10.3 Å². The fourth-order valence-electron chi connectivity index (χ4n) is 2.82. The van der Waals surface area contributed by atoms with Crippen LogP contribution in [0, 0.1) is 12.8 Å². The van der Waals surface area contributed by atoms with Gasteiger partial charge in [0, 0.05) is 24.0 Å². The maximum Gasteiger partial charge on any atom is 0.248 e. The van der Waals surface area contributed by atoms with Gasteiger partial charge < -0.3 is 10.2 Å². The average molecular weight is 293 g/mol. The van der Waals surface area contributed by atoms with Crippen LogP contribution in [0.15, 0.2) is 5.38 Å². The van der Waals surface area contributed by atoms with Crippen LogP contribution in [0.4, 0.5) is 0 Å². The summed E-state index contributed by atoms with van der Waals surface area (Å²) in [5, 5.41) is 5.92. The Bertz CT molecular complexity index is 552. The van der Waals surface area contributed by atoms with Gasteiger partial charge in [0.25, 0.3) is 0 Å². The number of hydrogen-bond acceptors (Lipinski definition) is 4. The van der Waals surface area contributed by atoms with Crippen molar-refractivity contribution in [3.8, 4) is 0 Å². The van der Waals surface area contributed by atoms with E-state index in [1.165, 1.54) is 0 Å². The lowest BCUT2D eigenvalue weighted by Crippen LogP contribution is -2.66. The van der Waals surface area contributed by atoms with Gasteiger partial charge in [-0.2, -0.15) is 0 Å². The van der Waals surface area contributed by atoms with Crippen molar-refractivity contribution >= 4 is 23.2 Å². The minimum atomic E-state index is -0.686. The highest BCUT2D eigenvalue weighted by molar-refractivity contribution is 7.09. The van der Waals surface area contributed by atoms with Crippen molar-refractivity contribution in [2.45, 2.75) is 38.6 Å². The lowest BCUT2D eigenvalue weighted by atomic mass is 9.91. The Kier molecular flexibility index (Phi) is 3.28. The summed E-state index contributed by atoms with van der Waals surface area (Å²) >= 11 is 1.61. The number of piperazine rings is 1. The molecular weight excluding hydrogens is 274 g/mol. The van der Waals surface area contributed by atoms with Gasteiger partial charge >= 0.3 is 0 Å². The molecule has 1 aliphatic heterocycles. The molecule has 2 heterocycles. The van der Waals surface area contributed by atoms with Crippen molar-refractivity contribution < 1.29 is 9.59 Å². The van der Waals surface area contributed by atoms with E-state index in [9.17, 15) is 9.59 Å². The number of carbonyl (C=O) groups is 2. The molecule has 6 heteroatoms. The molecule has 1 aromatic heterocycles. The van der Waals surface area contributed by atoms with Crippen LogP contribution in [-0.2, 0) is 16.0 Å². The molecule has 0 radical (unpaired) electrons. The second-order valence-electron chi connectivity index (χ2n) is 5.88. The molecule has 1 unspecified atom stereocenters. The van der Waals surface area contributed by atoms with Crippen molar-refractivity contribution in [2.24, 2.45) is 5.92 Å². The summed E-state index contributed by atoms with van der Waals surface area (Å²) in [6.07, 6.45) is 2.78. The monoisotopic (exact) mass is 293 g/mol. The molecule has 2 aliphatic rings. The van der Waals surface area contributed by atoms with Crippen LogP contribution in [0.1, 0.15) is 30.5 Å². The maximum absolute atomic E-state index is 12.6. The number of thiazole rings is 1. The molecule has 3 rings (SSSR count). The largest absolute Gasteiger partial charge is 0.340 e. The van der Waals surface area contributed by atoms with Crippen LogP contribution in [-0.4, -0.2) is 40.3 Å². The summed E-state index contributed by atoms with van der Waals surface area (Å²) in [4.78, 5) is 30.6. The van der Waals surface area contributed by atoms with Gasteiger partial charge in [-0.3, -0.25) is 9.59 Å². The molecule has 2 amide bonds. The highest BCUT2D eigenvalue weighted by Crippen LogP contribution is 2.41. The summed E-state index contributed by atoms with van der Waals surface area (Å²) in [5.41, 5.74) is 0.323. The maximum atomic E-state index is 12.6. The van der Waals surface area contributed by atoms with Gasteiger partial charge in [-0.05, 0) is 32.6 Å². The van der Waals surface area contributed by atoms with E-state index in [1.807, 2.05) is 19.2 Å². The Morgan fingerprint density at radius 1 is 1.50 bits per heavy atom. The molecule has 0 aromatic carbocycles. The third-order valence-electron chi connectivity index (χ3n) is 4.12. The fraction of sp³-hybridized carbons (Fsp3) is 0.643. The Morgan fingerprint density at radius 2 is 2.25 bits per heavy atom. The van der Waals surface area contributed by atoms with Gasteiger partial charge in [0.1, 0.15) is 5.54 Å². The third-order valence-corrected chi connectivity index (χ3v) is 5.15. The Hall–Kier alpha value is -1.43.